The van der Waals surface area contributed by atoms with E-state index in [4.69, 9.17) is 4.74 Å². The van der Waals surface area contributed by atoms with Crippen LogP contribution in [-0.2, 0) is 16.0 Å². The highest BCUT2D eigenvalue weighted by molar-refractivity contribution is 5.93. The van der Waals surface area contributed by atoms with E-state index in [1.165, 1.54) is 6.92 Å². The summed E-state index contributed by atoms with van der Waals surface area (Å²) < 4.78 is 5.83. The molecule has 2 N–H and O–H groups in total. The third-order valence-electron chi connectivity index (χ3n) is 4.58. The quantitative estimate of drug-likeness (QED) is 0.613. The van der Waals surface area contributed by atoms with E-state index in [0.717, 1.165) is 16.5 Å². The van der Waals surface area contributed by atoms with Gasteiger partial charge in [-0.05, 0) is 37.6 Å². The van der Waals surface area contributed by atoms with Crippen LogP contribution in [0.4, 0.5) is 5.69 Å². The molecule has 0 aliphatic rings. The lowest BCUT2D eigenvalue weighted by molar-refractivity contribution is -0.121. The minimum absolute atomic E-state index is 0.000773. The van der Waals surface area contributed by atoms with Gasteiger partial charge in [0, 0.05) is 37.1 Å². The number of anilines is 1. The summed E-state index contributed by atoms with van der Waals surface area (Å²) in [5.74, 6) is 0.475. The molecule has 2 amide bonds. The molecule has 0 aliphatic heterocycles. The van der Waals surface area contributed by atoms with Crippen molar-refractivity contribution in [2.45, 2.75) is 33.3 Å². The van der Waals surface area contributed by atoms with Crippen molar-refractivity contribution >= 4 is 28.4 Å². The van der Waals surface area contributed by atoms with Gasteiger partial charge in [0.15, 0.2) is 0 Å². The number of carbonyl (C=O) groups is 2. The zero-order chi connectivity index (χ0) is 20.8. The minimum Gasteiger partial charge on any atom is -0.489 e. The van der Waals surface area contributed by atoms with E-state index in [1.54, 1.807) is 4.90 Å². The topological polar surface area (TPSA) is 74.4 Å². The van der Waals surface area contributed by atoms with Crippen molar-refractivity contribution in [2.24, 2.45) is 0 Å². The Labute approximate surface area is 170 Å². The Balaban J connectivity index is 1.61. The highest BCUT2D eigenvalue weighted by Crippen LogP contribution is 2.29. The molecule has 3 rings (SSSR count). The minimum atomic E-state index is -0.101. The molecule has 0 atom stereocenters. The van der Waals surface area contributed by atoms with Crippen LogP contribution in [0.1, 0.15) is 26.3 Å². The number of benzene rings is 2. The first-order valence-corrected chi connectivity index (χ1v) is 9.81. The second kappa shape index (κ2) is 9.28. The van der Waals surface area contributed by atoms with Gasteiger partial charge in [-0.15, -0.1) is 0 Å². The molecular formula is C23H27N3O3. The number of rotatable bonds is 8. The van der Waals surface area contributed by atoms with Gasteiger partial charge in [-0.2, -0.15) is 0 Å². The normalized spacial score (nSPS) is 10.9. The molecule has 0 aliphatic carbocycles. The molecule has 0 fully saturated rings. The highest BCUT2D eigenvalue weighted by Gasteiger charge is 2.17. The molecule has 0 saturated heterocycles. The third kappa shape index (κ3) is 5.16. The average Bonchev–Trinajstić information content (AvgIpc) is 3.08. The van der Waals surface area contributed by atoms with Crippen molar-refractivity contribution in [2.75, 3.05) is 18.0 Å². The van der Waals surface area contributed by atoms with Gasteiger partial charge in [0.25, 0.3) is 0 Å². The lowest BCUT2D eigenvalue weighted by Gasteiger charge is -2.24. The van der Waals surface area contributed by atoms with E-state index in [2.05, 4.69) is 10.3 Å². The fourth-order valence-electron chi connectivity index (χ4n) is 3.30. The van der Waals surface area contributed by atoms with Crippen LogP contribution < -0.4 is 15.0 Å². The Kier molecular flexibility index (Phi) is 6.54. The molecule has 6 heteroatoms. The molecular weight excluding hydrogens is 366 g/mol. The van der Waals surface area contributed by atoms with Crippen LogP contribution >= 0.6 is 0 Å². The molecule has 3 aromatic rings. The van der Waals surface area contributed by atoms with E-state index in [-0.39, 0.29) is 24.3 Å². The van der Waals surface area contributed by atoms with Crippen molar-refractivity contribution in [1.29, 1.82) is 0 Å². The average molecular weight is 393 g/mol. The Hall–Kier alpha value is -3.28. The molecule has 1 heterocycles. The number of aromatic amines is 1. The predicted octanol–water partition coefficient (Wildman–Crippen LogP) is 3.67. The first-order valence-electron chi connectivity index (χ1n) is 9.81. The van der Waals surface area contributed by atoms with Crippen LogP contribution in [0.3, 0.4) is 0 Å². The fourth-order valence-corrected chi connectivity index (χ4v) is 3.30. The molecule has 0 saturated carbocycles. The Morgan fingerprint density at radius 3 is 2.59 bits per heavy atom. The molecule has 1 aromatic heterocycles. The van der Waals surface area contributed by atoms with Crippen molar-refractivity contribution < 1.29 is 14.3 Å². The summed E-state index contributed by atoms with van der Waals surface area (Å²) in [6.45, 7) is 6.13. The third-order valence-corrected chi connectivity index (χ3v) is 4.58. The zero-order valence-electron chi connectivity index (χ0n) is 17.1. The van der Waals surface area contributed by atoms with Gasteiger partial charge < -0.3 is 19.9 Å². The van der Waals surface area contributed by atoms with Gasteiger partial charge in [0.05, 0.1) is 18.2 Å². The van der Waals surface area contributed by atoms with Crippen LogP contribution in [0.2, 0.25) is 0 Å². The van der Waals surface area contributed by atoms with Crippen LogP contribution in [0, 0.1) is 0 Å². The molecule has 29 heavy (non-hydrogen) atoms. The maximum Gasteiger partial charge on any atom is 0.224 e. The second-order valence-corrected chi connectivity index (χ2v) is 7.19. The summed E-state index contributed by atoms with van der Waals surface area (Å²) in [6, 6.07) is 15.3. The van der Waals surface area contributed by atoms with Crippen LogP contribution in [0.5, 0.6) is 5.75 Å². The Morgan fingerprint density at radius 2 is 1.83 bits per heavy atom. The molecule has 6 nitrogen and oxygen atoms in total. The van der Waals surface area contributed by atoms with Crippen molar-refractivity contribution in [1.82, 2.24) is 10.3 Å². The fraction of sp³-hybridized carbons (Fsp3) is 0.304. The Bertz CT molecular complexity index is 994. The summed E-state index contributed by atoms with van der Waals surface area (Å²) in [5, 5.41) is 3.96. The summed E-state index contributed by atoms with van der Waals surface area (Å²) >= 11 is 0. The van der Waals surface area contributed by atoms with Gasteiger partial charge in [-0.1, -0.05) is 30.3 Å². The maximum atomic E-state index is 12.4. The largest absolute Gasteiger partial charge is 0.489 e. The van der Waals surface area contributed by atoms with Gasteiger partial charge in [0.2, 0.25) is 11.8 Å². The second-order valence-electron chi connectivity index (χ2n) is 7.19. The van der Waals surface area contributed by atoms with E-state index in [1.807, 2.05) is 68.6 Å². The van der Waals surface area contributed by atoms with Crippen molar-refractivity contribution in [3.05, 3.63) is 60.3 Å². The lowest BCUT2D eigenvalue weighted by atomic mass is 10.1. The number of hydrogen-bond acceptors (Lipinski definition) is 3. The molecule has 152 valence electrons. The van der Waals surface area contributed by atoms with E-state index in [0.29, 0.717) is 24.5 Å². The maximum absolute atomic E-state index is 12.4. The van der Waals surface area contributed by atoms with Crippen LogP contribution in [0.15, 0.2) is 54.7 Å². The van der Waals surface area contributed by atoms with E-state index in [9.17, 15) is 9.59 Å². The number of hydrogen-bond donors (Lipinski definition) is 2. The number of nitrogens with one attached hydrogen (secondary N) is 2. The number of aromatic nitrogens is 1. The Morgan fingerprint density at radius 1 is 1.10 bits per heavy atom. The number of nitrogens with zero attached hydrogens (tertiary/aromatic N) is 1. The van der Waals surface area contributed by atoms with Gasteiger partial charge in [-0.25, -0.2) is 0 Å². The van der Waals surface area contributed by atoms with Gasteiger partial charge >= 0.3 is 0 Å². The molecule has 0 radical (unpaired) electrons. The number of H-pyrrole nitrogens is 1. The summed E-state index contributed by atoms with van der Waals surface area (Å²) in [7, 11) is 0. The standard InChI is InChI=1S/C23H27N3O3/c1-16(2)29-22-11-7-6-10-21(22)26(17(3)27)13-12-24-23(28)14-18-15-25-20-9-5-4-8-19(18)20/h4-11,15-16,25H,12-14H2,1-3H3,(H,24,28). The molecule has 0 unspecified atom stereocenters. The monoisotopic (exact) mass is 393 g/mol. The molecule has 0 bridgehead atoms. The summed E-state index contributed by atoms with van der Waals surface area (Å²) in [4.78, 5) is 29.4. The van der Waals surface area contributed by atoms with E-state index >= 15 is 0 Å². The van der Waals surface area contributed by atoms with Crippen LogP contribution in [-0.4, -0.2) is 36.0 Å². The number of para-hydroxylation sites is 3. The zero-order valence-corrected chi connectivity index (χ0v) is 17.1. The van der Waals surface area contributed by atoms with Crippen LogP contribution in [0.25, 0.3) is 10.9 Å². The van der Waals surface area contributed by atoms with Crippen molar-refractivity contribution in [3.63, 3.8) is 0 Å². The highest BCUT2D eigenvalue weighted by atomic mass is 16.5. The van der Waals surface area contributed by atoms with E-state index < -0.39 is 0 Å². The SMILES string of the molecule is CC(=O)N(CCNC(=O)Cc1c[nH]c2ccccc12)c1ccccc1OC(C)C. The van der Waals surface area contributed by atoms with Gasteiger partial charge in [-0.3, -0.25) is 9.59 Å². The first-order chi connectivity index (χ1) is 14.0. The summed E-state index contributed by atoms with van der Waals surface area (Å²) in [5.41, 5.74) is 2.68. The first kappa shape index (κ1) is 20.5. The molecule has 0 spiro atoms. The number of carbonyl (C=O) groups excluding carboxylic acids is 2. The smallest absolute Gasteiger partial charge is 0.224 e. The predicted molar refractivity (Wildman–Crippen MR) is 115 cm³/mol. The number of amides is 2. The lowest BCUT2D eigenvalue weighted by Crippen LogP contribution is -2.38. The summed E-state index contributed by atoms with van der Waals surface area (Å²) in [6.07, 6.45) is 2.16. The van der Waals surface area contributed by atoms with Gasteiger partial charge in [0.1, 0.15) is 5.75 Å². The van der Waals surface area contributed by atoms with Crippen molar-refractivity contribution in [3.8, 4) is 5.75 Å². The number of fused-ring (bicyclic) bond motifs is 1. The number of ether oxygens (including phenoxy) is 1. The molecule has 2 aromatic carbocycles.